The van der Waals surface area contributed by atoms with Crippen LogP contribution in [0.4, 0.5) is 16.2 Å². The van der Waals surface area contributed by atoms with E-state index in [0.29, 0.717) is 34.7 Å². The smallest absolute Gasteiger partial charge is 0.412 e. The number of anilines is 2. The number of nitrogen functional groups attached to an aromatic ring is 1. The molecule has 0 atom stereocenters. The highest BCUT2D eigenvalue weighted by Gasteiger charge is 2.22. The lowest BCUT2D eigenvalue weighted by Crippen LogP contribution is -2.27. The van der Waals surface area contributed by atoms with Crippen LogP contribution in [0.15, 0.2) is 48.7 Å². The molecular weight excluding hydrogens is 424 g/mol. The lowest BCUT2D eigenvalue weighted by Gasteiger charge is -2.21. The number of nitrogens with one attached hydrogen (secondary N) is 1. The van der Waals surface area contributed by atoms with Crippen molar-refractivity contribution >= 4 is 23.4 Å². The fraction of sp³-hybridized carbons (Fsp3) is 0.292. The first-order valence-corrected chi connectivity index (χ1v) is 10.3. The van der Waals surface area contributed by atoms with Crippen LogP contribution in [0.5, 0.6) is 5.75 Å². The summed E-state index contributed by atoms with van der Waals surface area (Å²) in [6.45, 7) is 5.73. The summed E-state index contributed by atoms with van der Waals surface area (Å²) >= 11 is 0. The SMILES string of the molecule is COC(=O)c1ccc(NC(=O)OC(C)(C)C)c(-c2c(N)cnn2Cc2ccc(OC)cc2)c1. The Hall–Kier alpha value is -4.01. The maximum Gasteiger partial charge on any atom is 0.412 e. The van der Waals surface area contributed by atoms with Crippen molar-refractivity contribution in [2.45, 2.75) is 32.9 Å². The second-order valence-corrected chi connectivity index (χ2v) is 8.33. The quantitative estimate of drug-likeness (QED) is 0.535. The van der Waals surface area contributed by atoms with Crippen molar-refractivity contribution in [2.24, 2.45) is 0 Å². The number of nitrogens with two attached hydrogens (primary N) is 1. The minimum atomic E-state index is -0.675. The van der Waals surface area contributed by atoms with Crippen LogP contribution < -0.4 is 15.8 Å². The van der Waals surface area contributed by atoms with Gasteiger partial charge in [0.05, 0.1) is 49.6 Å². The highest BCUT2D eigenvalue weighted by molar-refractivity contribution is 5.97. The van der Waals surface area contributed by atoms with Gasteiger partial charge in [0, 0.05) is 5.56 Å². The first-order valence-electron chi connectivity index (χ1n) is 10.3. The van der Waals surface area contributed by atoms with Gasteiger partial charge in [0.2, 0.25) is 0 Å². The Morgan fingerprint density at radius 2 is 1.79 bits per heavy atom. The van der Waals surface area contributed by atoms with Gasteiger partial charge in [-0.2, -0.15) is 5.10 Å². The van der Waals surface area contributed by atoms with E-state index in [9.17, 15) is 9.59 Å². The molecule has 0 aliphatic carbocycles. The number of methoxy groups -OCH3 is 2. The average Bonchev–Trinajstić information content (AvgIpc) is 3.12. The molecule has 1 amide bonds. The molecule has 0 unspecified atom stereocenters. The molecule has 3 N–H and O–H groups in total. The number of carbonyl (C=O) groups is 2. The van der Waals surface area contributed by atoms with Crippen molar-refractivity contribution in [3.8, 4) is 17.0 Å². The van der Waals surface area contributed by atoms with Crippen molar-refractivity contribution in [2.75, 3.05) is 25.3 Å². The Labute approximate surface area is 192 Å². The van der Waals surface area contributed by atoms with Gasteiger partial charge in [0.25, 0.3) is 0 Å². The predicted octanol–water partition coefficient (Wildman–Crippen LogP) is 4.32. The molecule has 33 heavy (non-hydrogen) atoms. The number of nitrogens with zero attached hydrogens (tertiary/aromatic N) is 2. The maximum atomic E-state index is 12.5. The first kappa shape index (κ1) is 23.6. The van der Waals surface area contributed by atoms with Crippen molar-refractivity contribution < 1.29 is 23.8 Å². The summed E-state index contributed by atoms with van der Waals surface area (Å²) in [5.41, 5.74) is 8.72. The molecule has 0 radical (unpaired) electrons. The molecule has 0 spiro atoms. The van der Waals surface area contributed by atoms with Gasteiger partial charge in [0.1, 0.15) is 11.4 Å². The fourth-order valence-electron chi connectivity index (χ4n) is 3.23. The molecule has 1 heterocycles. The second-order valence-electron chi connectivity index (χ2n) is 8.33. The molecule has 9 heteroatoms. The number of esters is 1. The van der Waals surface area contributed by atoms with Crippen molar-refractivity contribution in [1.82, 2.24) is 9.78 Å². The molecule has 0 aliphatic heterocycles. The number of aromatic nitrogens is 2. The van der Waals surface area contributed by atoms with E-state index in [2.05, 4.69) is 10.4 Å². The summed E-state index contributed by atoms with van der Waals surface area (Å²) in [4.78, 5) is 24.6. The second kappa shape index (κ2) is 9.64. The number of carbonyl (C=O) groups excluding carboxylic acids is 2. The van der Waals surface area contributed by atoms with Gasteiger partial charge in [-0.3, -0.25) is 10.00 Å². The molecule has 0 saturated heterocycles. The van der Waals surface area contributed by atoms with Gasteiger partial charge < -0.3 is 19.9 Å². The molecule has 3 rings (SSSR count). The average molecular weight is 453 g/mol. The van der Waals surface area contributed by atoms with Gasteiger partial charge in [-0.1, -0.05) is 12.1 Å². The van der Waals surface area contributed by atoms with Gasteiger partial charge in [0.15, 0.2) is 0 Å². The predicted molar refractivity (Wildman–Crippen MR) is 125 cm³/mol. The molecule has 3 aromatic rings. The van der Waals surface area contributed by atoms with Crippen LogP contribution in [-0.2, 0) is 16.0 Å². The van der Waals surface area contributed by atoms with Crippen LogP contribution in [0, 0.1) is 0 Å². The van der Waals surface area contributed by atoms with Gasteiger partial charge >= 0.3 is 12.1 Å². The first-order chi connectivity index (χ1) is 15.6. The highest BCUT2D eigenvalue weighted by atomic mass is 16.6. The Balaban J connectivity index is 2.04. The number of amides is 1. The Morgan fingerprint density at radius 1 is 1.09 bits per heavy atom. The minimum absolute atomic E-state index is 0.304. The van der Waals surface area contributed by atoms with Crippen LogP contribution in [0.3, 0.4) is 0 Å². The molecule has 0 fully saturated rings. The number of hydrogen-bond acceptors (Lipinski definition) is 7. The molecule has 0 bridgehead atoms. The third-order valence-electron chi connectivity index (χ3n) is 4.69. The molecule has 174 valence electrons. The van der Waals surface area contributed by atoms with E-state index in [4.69, 9.17) is 19.9 Å². The molecule has 1 aromatic heterocycles. The third kappa shape index (κ3) is 5.82. The summed E-state index contributed by atoms with van der Waals surface area (Å²) in [6.07, 6.45) is 0.898. The summed E-state index contributed by atoms with van der Waals surface area (Å²) in [7, 11) is 2.91. The van der Waals surface area contributed by atoms with Crippen molar-refractivity contribution in [3.63, 3.8) is 0 Å². The topological polar surface area (TPSA) is 118 Å². The van der Waals surface area contributed by atoms with E-state index in [1.807, 2.05) is 24.3 Å². The lowest BCUT2D eigenvalue weighted by atomic mass is 10.0. The largest absolute Gasteiger partial charge is 0.497 e. The van der Waals surface area contributed by atoms with Crippen LogP contribution in [0.1, 0.15) is 36.7 Å². The number of hydrogen-bond donors (Lipinski definition) is 2. The lowest BCUT2D eigenvalue weighted by molar-refractivity contribution is 0.0599. The summed E-state index contributed by atoms with van der Waals surface area (Å²) in [6, 6.07) is 12.3. The number of rotatable bonds is 6. The number of ether oxygens (including phenoxy) is 3. The zero-order chi connectivity index (χ0) is 24.2. The zero-order valence-electron chi connectivity index (χ0n) is 19.3. The van der Waals surface area contributed by atoms with Gasteiger partial charge in [-0.05, 0) is 56.7 Å². The standard InChI is InChI=1S/C24H28N4O5/c1-24(2,3)33-23(30)27-20-11-8-16(22(29)32-5)12-18(20)21-19(25)13-26-28(21)14-15-6-9-17(31-4)10-7-15/h6-13H,14,25H2,1-5H3,(H,27,30). The van der Waals surface area contributed by atoms with Crippen LogP contribution in [0.25, 0.3) is 11.3 Å². The van der Waals surface area contributed by atoms with Gasteiger partial charge in [-0.15, -0.1) is 0 Å². The summed E-state index contributed by atoms with van der Waals surface area (Å²) < 4.78 is 17.2. The summed E-state index contributed by atoms with van der Waals surface area (Å²) in [5.74, 6) is 0.230. The molecule has 0 aliphatic rings. The molecule has 9 nitrogen and oxygen atoms in total. The fourth-order valence-corrected chi connectivity index (χ4v) is 3.23. The van der Waals surface area contributed by atoms with E-state index < -0.39 is 17.7 Å². The maximum absolute atomic E-state index is 12.5. The van der Waals surface area contributed by atoms with Crippen LogP contribution in [0.2, 0.25) is 0 Å². The van der Waals surface area contributed by atoms with E-state index in [1.54, 1.807) is 50.8 Å². The molecular formula is C24H28N4O5. The normalized spacial score (nSPS) is 11.1. The van der Waals surface area contributed by atoms with Crippen LogP contribution >= 0.6 is 0 Å². The van der Waals surface area contributed by atoms with E-state index in [-0.39, 0.29) is 0 Å². The minimum Gasteiger partial charge on any atom is -0.497 e. The van der Waals surface area contributed by atoms with E-state index >= 15 is 0 Å². The van der Waals surface area contributed by atoms with E-state index in [0.717, 1.165) is 11.3 Å². The van der Waals surface area contributed by atoms with Gasteiger partial charge in [-0.25, -0.2) is 9.59 Å². The summed E-state index contributed by atoms with van der Waals surface area (Å²) in [5, 5.41) is 7.15. The zero-order valence-corrected chi connectivity index (χ0v) is 19.3. The highest BCUT2D eigenvalue weighted by Crippen LogP contribution is 2.34. The van der Waals surface area contributed by atoms with Crippen molar-refractivity contribution in [1.29, 1.82) is 0 Å². The Bertz CT molecular complexity index is 1150. The number of benzene rings is 2. The molecule has 2 aromatic carbocycles. The molecule has 0 saturated carbocycles. The monoisotopic (exact) mass is 452 g/mol. The van der Waals surface area contributed by atoms with Crippen LogP contribution in [-0.4, -0.2) is 41.7 Å². The van der Waals surface area contributed by atoms with E-state index in [1.165, 1.54) is 13.3 Å². The Kier molecular flexibility index (Phi) is 6.91. The Morgan fingerprint density at radius 3 is 2.39 bits per heavy atom. The third-order valence-corrected chi connectivity index (χ3v) is 4.69. The van der Waals surface area contributed by atoms with Crippen molar-refractivity contribution in [3.05, 3.63) is 59.8 Å².